The number of phosphoric acid groups is 1. The maximum atomic E-state index is 13.5. The molecule has 3 unspecified atom stereocenters. The summed E-state index contributed by atoms with van der Waals surface area (Å²) in [5, 5.41) is 3.02. The van der Waals surface area contributed by atoms with E-state index in [1.54, 1.807) is 0 Å². The zero-order chi connectivity index (χ0) is 56.4. The molecule has 77 heavy (non-hydrogen) atoms. The van der Waals surface area contributed by atoms with E-state index in [9.17, 15) is 19.0 Å². The number of amides is 1. The highest BCUT2D eigenvalue weighted by molar-refractivity contribution is 7.45. The van der Waals surface area contributed by atoms with Crippen molar-refractivity contribution < 1.29 is 37.3 Å². The average Bonchev–Trinajstić information content (AvgIpc) is 3.39. The van der Waals surface area contributed by atoms with E-state index in [-0.39, 0.29) is 24.9 Å². The van der Waals surface area contributed by atoms with E-state index in [1.807, 2.05) is 33.3 Å². The molecule has 0 aromatic carbocycles. The summed E-state index contributed by atoms with van der Waals surface area (Å²) in [5.74, 6) is -0.548. The molecular weight excluding hydrogens is 976 g/mol. The van der Waals surface area contributed by atoms with Crippen molar-refractivity contribution in [2.45, 2.75) is 290 Å². The van der Waals surface area contributed by atoms with Crippen LogP contribution in [0.25, 0.3) is 0 Å². The van der Waals surface area contributed by atoms with Crippen molar-refractivity contribution in [2.75, 3.05) is 40.9 Å². The Balaban J connectivity index is 5.08. The molecule has 0 fully saturated rings. The Bertz CT molecular complexity index is 1590. The van der Waals surface area contributed by atoms with Crippen molar-refractivity contribution >= 4 is 19.7 Å². The molecule has 0 aliphatic rings. The molecular formula is C67H121N2O7P. The molecule has 0 spiro atoms. The number of quaternary nitrogens is 1. The van der Waals surface area contributed by atoms with Gasteiger partial charge in [-0.2, -0.15) is 0 Å². The van der Waals surface area contributed by atoms with Crippen molar-refractivity contribution in [1.29, 1.82) is 0 Å². The molecule has 0 aliphatic carbocycles. The van der Waals surface area contributed by atoms with Crippen molar-refractivity contribution in [1.82, 2.24) is 5.32 Å². The minimum absolute atomic E-state index is 0.0260. The Hall–Kier alpha value is -2.81. The number of hydrogen-bond acceptors (Lipinski definition) is 7. The van der Waals surface area contributed by atoms with Gasteiger partial charge in [0.05, 0.1) is 33.8 Å². The highest BCUT2D eigenvalue weighted by atomic mass is 31.2. The van der Waals surface area contributed by atoms with Gasteiger partial charge in [0, 0.05) is 12.8 Å². The van der Waals surface area contributed by atoms with Crippen LogP contribution in [0.5, 0.6) is 0 Å². The van der Waals surface area contributed by atoms with E-state index < -0.39 is 26.6 Å². The van der Waals surface area contributed by atoms with E-state index in [2.05, 4.69) is 99.0 Å². The highest BCUT2D eigenvalue weighted by Crippen LogP contribution is 2.38. The van der Waals surface area contributed by atoms with Gasteiger partial charge in [-0.3, -0.25) is 14.2 Å². The Morgan fingerprint density at radius 2 is 0.831 bits per heavy atom. The first-order valence-electron chi connectivity index (χ1n) is 31.9. The van der Waals surface area contributed by atoms with Gasteiger partial charge >= 0.3 is 5.97 Å². The first-order chi connectivity index (χ1) is 37.4. The van der Waals surface area contributed by atoms with Gasteiger partial charge in [-0.05, 0) is 83.1 Å². The largest absolute Gasteiger partial charge is 0.756 e. The van der Waals surface area contributed by atoms with E-state index in [0.29, 0.717) is 17.4 Å². The van der Waals surface area contributed by atoms with Crippen LogP contribution in [0.3, 0.4) is 0 Å². The molecule has 0 radical (unpaired) electrons. The summed E-state index contributed by atoms with van der Waals surface area (Å²) in [7, 11) is 1.18. The molecule has 0 aromatic heterocycles. The van der Waals surface area contributed by atoms with Crippen LogP contribution in [-0.2, 0) is 27.9 Å². The van der Waals surface area contributed by atoms with Gasteiger partial charge in [-0.1, -0.05) is 267 Å². The lowest BCUT2D eigenvalue weighted by molar-refractivity contribution is -0.870. The number of unbranched alkanes of at least 4 members (excludes halogenated alkanes) is 29. The lowest BCUT2D eigenvalue weighted by atomic mass is 10.0. The minimum atomic E-state index is -4.70. The van der Waals surface area contributed by atoms with Crippen molar-refractivity contribution in [3.05, 3.63) is 85.1 Å². The number of rotatable bonds is 57. The second-order valence-electron chi connectivity index (χ2n) is 22.5. The number of phosphoric ester groups is 1. The smallest absolute Gasteiger partial charge is 0.306 e. The standard InChI is InChI=1S/C67H121N2O7P/c1-7-10-13-16-19-22-25-27-28-29-30-31-32-33-34-35-36-37-38-39-40-42-44-47-50-53-56-59-66(70)68-64(63-75-77(72,73)74-62-61-69(4,5)6)65(58-55-52-49-46-43-24-21-18-15-12-9-3)76-67(71)60-57-54-51-48-45-41-26-23-20-17-14-11-8-2/h10,13,19,22,27-28,30-31,33-34,36-37,55,58,64-65H,7-9,11-12,14-18,20-21,23-26,29,32,35,38-54,56-57,59-63H2,1-6H3,(H-,68,70,72,73)/b13-10-,22-19-,28-27-,31-30-,34-33-,37-36-,58-55-. The normalized spacial score (nSPS) is 14.2. The van der Waals surface area contributed by atoms with Gasteiger partial charge in [0.25, 0.3) is 7.82 Å². The summed E-state index contributed by atoms with van der Waals surface area (Å²) in [4.78, 5) is 39.9. The summed E-state index contributed by atoms with van der Waals surface area (Å²) in [5.41, 5.74) is 0. The van der Waals surface area contributed by atoms with Crippen molar-refractivity contribution in [3.63, 3.8) is 0 Å². The highest BCUT2D eigenvalue weighted by Gasteiger charge is 2.27. The third-order valence-electron chi connectivity index (χ3n) is 13.8. The predicted molar refractivity (Wildman–Crippen MR) is 330 cm³/mol. The van der Waals surface area contributed by atoms with Crippen LogP contribution in [0.2, 0.25) is 0 Å². The molecule has 446 valence electrons. The lowest BCUT2D eigenvalue weighted by Gasteiger charge is -2.30. The van der Waals surface area contributed by atoms with Gasteiger partial charge in [0.2, 0.25) is 5.91 Å². The number of carbonyl (C=O) groups is 2. The van der Waals surface area contributed by atoms with Gasteiger partial charge in [-0.15, -0.1) is 0 Å². The van der Waals surface area contributed by atoms with Crippen LogP contribution >= 0.6 is 7.82 Å². The molecule has 0 heterocycles. The molecule has 0 saturated heterocycles. The average molecular weight is 1100 g/mol. The molecule has 1 amide bonds. The number of allylic oxidation sites excluding steroid dienone is 13. The van der Waals surface area contributed by atoms with Gasteiger partial charge in [-0.25, -0.2) is 0 Å². The van der Waals surface area contributed by atoms with Crippen molar-refractivity contribution in [3.8, 4) is 0 Å². The molecule has 0 aromatic rings. The van der Waals surface area contributed by atoms with Crippen LogP contribution in [0.4, 0.5) is 0 Å². The number of ether oxygens (including phenoxy) is 1. The van der Waals surface area contributed by atoms with Crippen LogP contribution in [-0.4, -0.2) is 69.4 Å². The number of esters is 1. The molecule has 0 saturated carbocycles. The minimum Gasteiger partial charge on any atom is -0.756 e. The SMILES string of the molecule is CC/C=C\C/C=C\C/C=C\C/C=C\C/C=C\C/C=C\CCCCCCCCCCC(=O)NC(COP(=O)([O-])OCC[N+](C)(C)C)C(/C=C\CCCCCCCCCCC)OC(=O)CCCCCCCCCCCCCCC. The van der Waals surface area contributed by atoms with E-state index in [1.165, 1.54) is 135 Å². The fraction of sp³-hybridized carbons (Fsp3) is 0.761. The van der Waals surface area contributed by atoms with E-state index in [0.717, 1.165) is 109 Å². The molecule has 0 rings (SSSR count). The Labute approximate surface area is 476 Å². The number of carbonyl (C=O) groups excluding carboxylic acids is 2. The predicted octanol–water partition coefficient (Wildman–Crippen LogP) is 19.1. The first-order valence-corrected chi connectivity index (χ1v) is 33.4. The summed E-state index contributed by atoms with van der Waals surface area (Å²) in [6.07, 6.45) is 74.1. The molecule has 1 N–H and O–H groups in total. The van der Waals surface area contributed by atoms with Crippen LogP contribution in [0.1, 0.15) is 278 Å². The fourth-order valence-corrected chi connectivity index (χ4v) is 9.66. The van der Waals surface area contributed by atoms with Crippen LogP contribution < -0.4 is 10.2 Å². The third kappa shape index (κ3) is 57.7. The number of hydrogen-bond donors (Lipinski definition) is 1. The summed E-state index contributed by atoms with van der Waals surface area (Å²) in [6, 6.07) is -0.894. The zero-order valence-electron chi connectivity index (χ0n) is 50.9. The molecule has 0 aliphatic heterocycles. The third-order valence-corrected chi connectivity index (χ3v) is 14.8. The summed E-state index contributed by atoms with van der Waals surface area (Å²) < 4.78 is 30.3. The second kappa shape index (κ2) is 56.5. The molecule has 0 bridgehead atoms. The second-order valence-corrected chi connectivity index (χ2v) is 23.9. The monoisotopic (exact) mass is 1100 g/mol. The summed E-state index contributed by atoms with van der Waals surface area (Å²) >= 11 is 0. The van der Waals surface area contributed by atoms with Crippen LogP contribution in [0, 0.1) is 0 Å². The van der Waals surface area contributed by atoms with E-state index >= 15 is 0 Å². The zero-order valence-corrected chi connectivity index (χ0v) is 51.8. The molecule has 10 heteroatoms. The molecule has 9 nitrogen and oxygen atoms in total. The van der Waals surface area contributed by atoms with Crippen LogP contribution in [0.15, 0.2) is 85.1 Å². The van der Waals surface area contributed by atoms with Gasteiger partial charge in [0.1, 0.15) is 19.3 Å². The maximum absolute atomic E-state index is 13.5. The lowest BCUT2D eigenvalue weighted by Crippen LogP contribution is -2.47. The van der Waals surface area contributed by atoms with E-state index in [4.69, 9.17) is 13.8 Å². The Morgan fingerprint density at radius 1 is 0.468 bits per heavy atom. The number of likely N-dealkylation sites (N-methyl/N-ethyl adjacent to an activating group) is 1. The quantitative estimate of drug-likeness (QED) is 0.0212. The van der Waals surface area contributed by atoms with Gasteiger partial charge < -0.3 is 28.5 Å². The van der Waals surface area contributed by atoms with Gasteiger partial charge in [0.15, 0.2) is 0 Å². The Kier molecular flexibility index (Phi) is 54.4. The summed E-state index contributed by atoms with van der Waals surface area (Å²) in [6.45, 7) is 6.72. The fourth-order valence-electron chi connectivity index (χ4n) is 8.94. The first kappa shape index (κ1) is 74.2. The number of nitrogens with zero attached hydrogens (tertiary/aromatic N) is 1. The topological polar surface area (TPSA) is 114 Å². The molecule has 3 atom stereocenters. The number of nitrogens with one attached hydrogen (secondary N) is 1. The van der Waals surface area contributed by atoms with Crippen molar-refractivity contribution in [2.24, 2.45) is 0 Å². The Morgan fingerprint density at radius 3 is 1.25 bits per heavy atom. The maximum Gasteiger partial charge on any atom is 0.306 e.